The molecule has 0 aromatic heterocycles. The van der Waals surface area contributed by atoms with Crippen molar-refractivity contribution in [3.05, 3.63) is 29.0 Å². The highest BCUT2D eigenvalue weighted by atomic mass is 35.5. The van der Waals surface area contributed by atoms with Crippen molar-refractivity contribution < 1.29 is 14.0 Å². The fourth-order valence-electron chi connectivity index (χ4n) is 2.89. The molecule has 0 saturated carbocycles. The molecule has 1 heterocycles. The highest BCUT2D eigenvalue weighted by molar-refractivity contribution is 6.39. The van der Waals surface area contributed by atoms with E-state index < -0.39 is 17.6 Å². The van der Waals surface area contributed by atoms with Gasteiger partial charge in [0.1, 0.15) is 5.82 Å². The summed E-state index contributed by atoms with van der Waals surface area (Å²) in [6.07, 6.45) is 0.749. The minimum atomic E-state index is -0.819. The van der Waals surface area contributed by atoms with Crippen LogP contribution in [0, 0.1) is 11.7 Å². The van der Waals surface area contributed by atoms with Gasteiger partial charge in [-0.25, -0.2) is 4.39 Å². The molecule has 1 aromatic rings. The number of nitrogens with one attached hydrogen (secondary N) is 2. The van der Waals surface area contributed by atoms with E-state index >= 15 is 0 Å². The van der Waals surface area contributed by atoms with Crippen LogP contribution < -0.4 is 10.6 Å². The number of hydrogen-bond acceptors (Lipinski definition) is 3. The van der Waals surface area contributed by atoms with Crippen molar-refractivity contribution in [2.75, 3.05) is 18.9 Å². The average Bonchev–Trinajstić information content (AvgIpc) is 2.48. The number of likely N-dealkylation sites (tertiary alicyclic amines) is 1. The molecule has 2 rings (SSSR count). The van der Waals surface area contributed by atoms with Gasteiger partial charge < -0.3 is 15.5 Å². The predicted octanol–water partition coefficient (Wildman–Crippen LogP) is 2.65. The van der Waals surface area contributed by atoms with Gasteiger partial charge in [0.05, 0.1) is 5.02 Å². The second kappa shape index (κ2) is 7.07. The number of rotatable bonds is 2. The second-order valence-corrected chi connectivity index (χ2v) is 7.44. The number of halogens is 2. The van der Waals surface area contributed by atoms with Crippen LogP contribution in [0.4, 0.5) is 10.1 Å². The van der Waals surface area contributed by atoms with E-state index in [1.54, 1.807) is 0 Å². The fraction of sp³-hybridized carbons (Fsp3) is 0.529. The molecule has 2 atom stereocenters. The summed E-state index contributed by atoms with van der Waals surface area (Å²) >= 11 is 5.59. The minimum absolute atomic E-state index is 0.0418. The molecule has 5 nitrogen and oxygen atoms in total. The summed E-state index contributed by atoms with van der Waals surface area (Å²) in [7, 11) is 2.05. The molecule has 1 aromatic carbocycles. The Morgan fingerprint density at radius 2 is 2.00 bits per heavy atom. The van der Waals surface area contributed by atoms with E-state index in [0.29, 0.717) is 0 Å². The molecule has 132 valence electrons. The van der Waals surface area contributed by atoms with Gasteiger partial charge in [0, 0.05) is 23.8 Å². The molecule has 2 amide bonds. The largest absolute Gasteiger partial charge is 0.345 e. The van der Waals surface area contributed by atoms with Crippen LogP contribution in [-0.4, -0.2) is 41.9 Å². The monoisotopic (exact) mass is 355 g/mol. The summed E-state index contributed by atoms with van der Waals surface area (Å²) in [5.74, 6) is -1.96. The normalized spacial score (nSPS) is 23.6. The summed E-state index contributed by atoms with van der Waals surface area (Å²) in [6, 6.07) is 3.76. The fourth-order valence-corrected chi connectivity index (χ4v) is 3.01. The van der Waals surface area contributed by atoms with E-state index in [0.717, 1.165) is 19.0 Å². The molecular weight excluding hydrogens is 333 g/mol. The van der Waals surface area contributed by atoms with Crippen molar-refractivity contribution in [3.8, 4) is 0 Å². The average molecular weight is 356 g/mol. The lowest BCUT2D eigenvalue weighted by Crippen LogP contribution is -2.58. The summed E-state index contributed by atoms with van der Waals surface area (Å²) in [5, 5.41) is 5.14. The van der Waals surface area contributed by atoms with Crippen LogP contribution in [0.2, 0.25) is 5.02 Å². The first kappa shape index (κ1) is 18.7. The molecule has 2 unspecified atom stereocenters. The molecule has 1 fully saturated rings. The first-order valence-corrected chi connectivity index (χ1v) is 8.26. The molecule has 1 saturated heterocycles. The van der Waals surface area contributed by atoms with Crippen LogP contribution in [-0.2, 0) is 9.59 Å². The zero-order valence-electron chi connectivity index (χ0n) is 14.3. The van der Waals surface area contributed by atoms with Gasteiger partial charge in [0.15, 0.2) is 0 Å². The minimum Gasteiger partial charge on any atom is -0.345 e. The Kier molecular flexibility index (Phi) is 5.50. The molecule has 0 radical (unpaired) electrons. The highest BCUT2D eigenvalue weighted by Gasteiger charge is 2.37. The van der Waals surface area contributed by atoms with Crippen LogP contribution in [0.5, 0.6) is 0 Å². The third-order valence-corrected chi connectivity index (χ3v) is 5.01. The molecule has 0 aliphatic carbocycles. The number of piperidine rings is 1. The van der Waals surface area contributed by atoms with E-state index in [2.05, 4.69) is 36.4 Å². The Morgan fingerprint density at radius 3 is 2.62 bits per heavy atom. The Hall–Kier alpha value is -1.66. The second-order valence-electron chi connectivity index (χ2n) is 7.04. The van der Waals surface area contributed by atoms with Crippen molar-refractivity contribution in [1.29, 1.82) is 0 Å². The lowest BCUT2D eigenvalue weighted by Gasteiger charge is -2.46. The predicted molar refractivity (Wildman–Crippen MR) is 92.5 cm³/mol. The molecule has 24 heavy (non-hydrogen) atoms. The summed E-state index contributed by atoms with van der Waals surface area (Å²) in [6.45, 7) is 7.09. The number of amides is 2. The van der Waals surface area contributed by atoms with Gasteiger partial charge in [-0.05, 0) is 51.4 Å². The van der Waals surface area contributed by atoms with E-state index in [9.17, 15) is 14.0 Å². The van der Waals surface area contributed by atoms with Gasteiger partial charge in [0.25, 0.3) is 0 Å². The van der Waals surface area contributed by atoms with Crippen LogP contribution in [0.1, 0.15) is 27.2 Å². The molecule has 0 bridgehead atoms. The van der Waals surface area contributed by atoms with Crippen LogP contribution >= 0.6 is 11.6 Å². The smallest absolute Gasteiger partial charge is 0.313 e. The lowest BCUT2D eigenvalue weighted by molar-refractivity contribution is -0.137. The third-order valence-electron chi connectivity index (χ3n) is 4.70. The van der Waals surface area contributed by atoms with Gasteiger partial charge in [-0.3, -0.25) is 9.59 Å². The molecule has 0 spiro atoms. The number of benzene rings is 1. The number of carbonyl (C=O) groups is 2. The van der Waals surface area contributed by atoms with E-state index in [4.69, 9.17) is 11.6 Å². The Bertz CT molecular complexity index is 651. The van der Waals surface area contributed by atoms with Crippen LogP contribution in [0.15, 0.2) is 18.2 Å². The topological polar surface area (TPSA) is 61.4 Å². The van der Waals surface area contributed by atoms with Gasteiger partial charge in [0.2, 0.25) is 0 Å². The van der Waals surface area contributed by atoms with Crippen molar-refractivity contribution in [1.82, 2.24) is 10.2 Å². The van der Waals surface area contributed by atoms with Crippen molar-refractivity contribution in [2.24, 2.45) is 5.92 Å². The van der Waals surface area contributed by atoms with Crippen molar-refractivity contribution >= 4 is 29.1 Å². The van der Waals surface area contributed by atoms with E-state index in [-0.39, 0.29) is 28.2 Å². The number of anilines is 1. The summed E-state index contributed by atoms with van der Waals surface area (Å²) < 4.78 is 13.4. The number of nitrogens with zero attached hydrogens (tertiary/aromatic N) is 1. The zero-order valence-corrected chi connectivity index (χ0v) is 15.1. The third kappa shape index (κ3) is 4.24. The lowest BCUT2D eigenvalue weighted by atomic mass is 9.82. The highest BCUT2D eigenvalue weighted by Crippen LogP contribution is 2.29. The summed E-state index contributed by atoms with van der Waals surface area (Å²) in [5.41, 5.74) is 0.133. The Labute approximate surface area is 146 Å². The number of hydrogen-bond donors (Lipinski definition) is 2. The SMILES string of the molecule is CC1CN(C)C(C)(C)CC1NC(=O)C(=O)Nc1ccc(Cl)c(F)c1. The van der Waals surface area contributed by atoms with E-state index in [1.807, 2.05) is 6.92 Å². The molecule has 7 heteroatoms. The van der Waals surface area contributed by atoms with Gasteiger partial charge in [-0.2, -0.15) is 0 Å². The quantitative estimate of drug-likeness (QED) is 0.802. The van der Waals surface area contributed by atoms with Crippen molar-refractivity contribution in [3.63, 3.8) is 0 Å². The number of carbonyl (C=O) groups excluding carboxylic acids is 2. The molecular formula is C17H23ClFN3O2. The van der Waals surface area contributed by atoms with Crippen LogP contribution in [0.3, 0.4) is 0 Å². The first-order valence-electron chi connectivity index (χ1n) is 7.88. The molecule has 1 aliphatic rings. The first-order chi connectivity index (χ1) is 11.1. The molecule has 1 aliphatic heterocycles. The maximum atomic E-state index is 13.4. The standard InChI is InChI=1S/C17H23ClFN3O2/c1-10-9-22(4)17(2,3)8-14(10)21-16(24)15(23)20-11-5-6-12(18)13(19)7-11/h5-7,10,14H,8-9H2,1-4H3,(H,20,23)(H,21,24). The Balaban J connectivity index is 1.98. The maximum Gasteiger partial charge on any atom is 0.313 e. The maximum absolute atomic E-state index is 13.4. The summed E-state index contributed by atoms with van der Waals surface area (Å²) in [4.78, 5) is 26.4. The Morgan fingerprint density at radius 1 is 1.33 bits per heavy atom. The van der Waals surface area contributed by atoms with Gasteiger partial charge in [-0.15, -0.1) is 0 Å². The zero-order chi connectivity index (χ0) is 18.1. The molecule has 2 N–H and O–H groups in total. The van der Waals surface area contributed by atoms with Gasteiger partial charge >= 0.3 is 11.8 Å². The van der Waals surface area contributed by atoms with Crippen molar-refractivity contribution in [2.45, 2.75) is 38.8 Å². The van der Waals surface area contributed by atoms with Crippen LogP contribution in [0.25, 0.3) is 0 Å². The van der Waals surface area contributed by atoms with Gasteiger partial charge in [-0.1, -0.05) is 18.5 Å². The van der Waals surface area contributed by atoms with E-state index in [1.165, 1.54) is 12.1 Å².